The van der Waals surface area contributed by atoms with E-state index in [9.17, 15) is 22.8 Å². The van der Waals surface area contributed by atoms with E-state index in [1.54, 1.807) is 9.80 Å². The summed E-state index contributed by atoms with van der Waals surface area (Å²) >= 11 is 6.99. The first-order valence-corrected chi connectivity index (χ1v) is 17.1. The number of halogens is 3. The molecule has 1 N–H and O–H groups in total. The molecule has 1 atom stereocenters. The number of carbonyl (C=O) groups excluding carboxylic acids is 2. The first kappa shape index (κ1) is 36.5. The van der Waals surface area contributed by atoms with E-state index in [0.717, 1.165) is 16.8 Å². The van der Waals surface area contributed by atoms with Gasteiger partial charge < -0.3 is 15.0 Å². The van der Waals surface area contributed by atoms with Crippen LogP contribution in [0.1, 0.15) is 45.7 Å². The second kappa shape index (κ2) is 15.0. The summed E-state index contributed by atoms with van der Waals surface area (Å²) in [5, 5.41) is 8.32. The van der Waals surface area contributed by atoms with Crippen LogP contribution >= 0.6 is 24.0 Å². The number of anilines is 1. The number of amides is 2. The van der Waals surface area contributed by atoms with E-state index in [0.29, 0.717) is 35.2 Å². The van der Waals surface area contributed by atoms with Crippen molar-refractivity contribution in [2.45, 2.75) is 59.0 Å². The standard InChI is InChI=1S/C35H36F3N7O3S2/c1-6-43(22(2)46)29(40-32(49)41-33-45(30(47)20-50-33)28-10-8-7-9-27(28)34(3,4)5)19-23-11-13-24(14-12-23)31-39-21-44(42-31)25-15-17-26(18-16-25)48-35(36,37)38/h7-18,21,29H,6,19-20H2,1-5H3,(H,40,49)/b41-33-. The average molecular weight is 724 g/mol. The van der Waals surface area contributed by atoms with E-state index in [1.807, 2.05) is 55.5 Å². The van der Waals surface area contributed by atoms with E-state index >= 15 is 0 Å². The lowest BCUT2D eigenvalue weighted by molar-refractivity contribution is -0.274. The summed E-state index contributed by atoms with van der Waals surface area (Å²) in [6, 6.07) is 20.6. The zero-order valence-corrected chi connectivity index (χ0v) is 29.7. The fourth-order valence-electron chi connectivity index (χ4n) is 5.48. The molecule has 1 aliphatic heterocycles. The van der Waals surface area contributed by atoms with Crippen LogP contribution in [0.15, 0.2) is 84.1 Å². The number of ether oxygens (including phenoxy) is 1. The van der Waals surface area contributed by atoms with Crippen LogP contribution in [0.5, 0.6) is 5.75 Å². The number of nitrogens with zero attached hydrogens (tertiary/aromatic N) is 6. The molecule has 0 radical (unpaired) electrons. The summed E-state index contributed by atoms with van der Waals surface area (Å²) in [6.07, 6.45) is -3.44. The van der Waals surface area contributed by atoms with Gasteiger partial charge in [-0.25, -0.2) is 9.67 Å². The van der Waals surface area contributed by atoms with Crippen molar-refractivity contribution in [1.82, 2.24) is 25.0 Å². The summed E-state index contributed by atoms with van der Waals surface area (Å²) < 4.78 is 42.9. The number of carbonyl (C=O) groups is 2. The smallest absolute Gasteiger partial charge is 0.406 e. The normalized spacial score (nSPS) is 14.9. The molecular formula is C35H36F3N7O3S2. The fourth-order valence-corrected chi connectivity index (χ4v) is 6.63. The lowest BCUT2D eigenvalue weighted by atomic mass is 9.85. The average Bonchev–Trinajstić information content (AvgIpc) is 3.68. The Morgan fingerprint density at radius 2 is 1.76 bits per heavy atom. The van der Waals surface area contributed by atoms with Crippen LogP contribution in [0, 0.1) is 0 Å². The molecule has 3 aromatic carbocycles. The summed E-state index contributed by atoms with van der Waals surface area (Å²) in [5.41, 5.74) is 3.68. The topological polar surface area (TPSA) is 105 Å². The number of aliphatic imine (C=N–C) groups is 1. The minimum atomic E-state index is -4.77. The third kappa shape index (κ3) is 8.87. The highest BCUT2D eigenvalue weighted by atomic mass is 32.2. The van der Waals surface area contributed by atoms with Gasteiger partial charge in [-0.2, -0.15) is 4.99 Å². The third-order valence-electron chi connectivity index (χ3n) is 7.79. The number of thioether (sulfide) groups is 1. The minimum absolute atomic E-state index is 0.0865. The zero-order valence-electron chi connectivity index (χ0n) is 28.1. The number of hydrogen-bond acceptors (Lipinski definition) is 7. The third-order valence-corrected chi connectivity index (χ3v) is 8.93. The lowest BCUT2D eigenvalue weighted by Crippen LogP contribution is -2.51. The predicted octanol–water partition coefficient (Wildman–Crippen LogP) is 6.88. The Morgan fingerprint density at radius 1 is 1.08 bits per heavy atom. The molecule has 15 heteroatoms. The van der Waals surface area contributed by atoms with Crippen LogP contribution in [0.2, 0.25) is 0 Å². The Morgan fingerprint density at radius 3 is 2.38 bits per heavy atom. The Labute approximate surface area is 297 Å². The summed E-state index contributed by atoms with van der Waals surface area (Å²) in [7, 11) is 0. The Bertz CT molecular complexity index is 1890. The van der Waals surface area contributed by atoms with Crippen molar-refractivity contribution in [3.05, 3.63) is 90.3 Å². The Balaban J connectivity index is 1.32. The number of nitrogens with one attached hydrogen (secondary N) is 1. The van der Waals surface area contributed by atoms with E-state index in [1.165, 1.54) is 54.0 Å². The Kier molecular flexibility index (Phi) is 11.0. The number of likely N-dealkylation sites (N-methyl/N-ethyl adjacent to an activating group) is 1. The van der Waals surface area contributed by atoms with Gasteiger partial charge in [0.25, 0.3) is 0 Å². The van der Waals surface area contributed by atoms with Gasteiger partial charge in [-0.3, -0.25) is 14.5 Å². The van der Waals surface area contributed by atoms with Crippen molar-refractivity contribution in [3.63, 3.8) is 0 Å². The highest BCUT2D eigenvalue weighted by Crippen LogP contribution is 2.36. The molecule has 50 heavy (non-hydrogen) atoms. The number of hydrogen-bond donors (Lipinski definition) is 1. The molecule has 10 nitrogen and oxygen atoms in total. The van der Waals surface area contributed by atoms with Crippen LogP contribution in [-0.2, 0) is 21.4 Å². The second-order valence-corrected chi connectivity index (χ2v) is 13.7. The van der Waals surface area contributed by atoms with Crippen molar-refractivity contribution in [1.29, 1.82) is 0 Å². The van der Waals surface area contributed by atoms with Gasteiger partial charge in [-0.05, 0) is 66.0 Å². The first-order chi connectivity index (χ1) is 23.6. The highest BCUT2D eigenvalue weighted by molar-refractivity contribution is 8.15. The number of amidine groups is 1. The monoisotopic (exact) mass is 723 g/mol. The van der Waals surface area contributed by atoms with Gasteiger partial charge in [0, 0.05) is 25.5 Å². The molecule has 4 aromatic rings. The van der Waals surface area contributed by atoms with Crippen LogP contribution in [0.25, 0.3) is 17.1 Å². The van der Waals surface area contributed by atoms with Gasteiger partial charge in [0.1, 0.15) is 18.2 Å². The van der Waals surface area contributed by atoms with Gasteiger partial charge in [0.2, 0.25) is 11.8 Å². The van der Waals surface area contributed by atoms with E-state index in [2.05, 4.69) is 45.9 Å². The lowest BCUT2D eigenvalue weighted by Gasteiger charge is -2.31. The molecule has 2 heterocycles. The van der Waals surface area contributed by atoms with Gasteiger partial charge in [0.05, 0.1) is 17.1 Å². The summed E-state index contributed by atoms with van der Waals surface area (Å²) in [4.78, 5) is 38.0. The van der Waals surface area contributed by atoms with E-state index in [4.69, 9.17) is 12.2 Å². The van der Waals surface area contributed by atoms with E-state index < -0.39 is 12.5 Å². The molecule has 1 saturated heterocycles. The minimum Gasteiger partial charge on any atom is -0.406 e. The molecule has 0 saturated carbocycles. The van der Waals surface area contributed by atoms with Crippen molar-refractivity contribution in [2.24, 2.45) is 4.99 Å². The van der Waals surface area contributed by atoms with Gasteiger partial charge in [-0.1, -0.05) is 75.0 Å². The predicted molar refractivity (Wildman–Crippen MR) is 192 cm³/mol. The SMILES string of the molecule is CCN(C(C)=O)C(Cc1ccc(-c2ncn(-c3ccc(OC(F)(F)F)cc3)n2)cc1)NC(=S)/N=C1\SCC(=O)N1c1ccccc1C(C)(C)C. The molecule has 1 aromatic heterocycles. The zero-order chi connectivity index (χ0) is 36.2. The van der Waals surface area contributed by atoms with Crippen molar-refractivity contribution in [3.8, 4) is 22.8 Å². The molecule has 1 aliphatic rings. The molecule has 2 amide bonds. The van der Waals surface area contributed by atoms with Gasteiger partial charge >= 0.3 is 6.36 Å². The summed E-state index contributed by atoms with van der Waals surface area (Å²) in [5.74, 6) is 0.0908. The van der Waals surface area contributed by atoms with Crippen LogP contribution in [-0.4, -0.2) is 66.6 Å². The summed E-state index contributed by atoms with van der Waals surface area (Å²) in [6.45, 7) is 10.1. The number of benzene rings is 3. The number of para-hydroxylation sites is 1. The highest BCUT2D eigenvalue weighted by Gasteiger charge is 2.34. The quantitative estimate of drug-likeness (QED) is 0.147. The second-order valence-electron chi connectivity index (χ2n) is 12.4. The molecule has 0 bridgehead atoms. The Hall–Kier alpha value is -4.76. The molecule has 0 aliphatic carbocycles. The van der Waals surface area contributed by atoms with E-state index in [-0.39, 0.29) is 33.8 Å². The maximum Gasteiger partial charge on any atom is 0.573 e. The number of alkyl halides is 3. The maximum atomic E-state index is 13.1. The van der Waals surface area contributed by atoms with Crippen molar-refractivity contribution < 1.29 is 27.5 Å². The van der Waals surface area contributed by atoms with Crippen molar-refractivity contribution in [2.75, 3.05) is 17.2 Å². The fraction of sp³-hybridized carbons (Fsp3) is 0.314. The first-order valence-electron chi connectivity index (χ1n) is 15.7. The molecule has 262 valence electrons. The van der Waals surface area contributed by atoms with Gasteiger partial charge in [0.15, 0.2) is 16.1 Å². The molecular weight excluding hydrogens is 688 g/mol. The maximum absolute atomic E-state index is 13.1. The van der Waals surface area contributed by atoms with Crippen molar-refractivity contribution >= 4 is 51.8 Å². The molecule has 5 rings (SSSR count). The largest absolute Gasteiger partial charge is 0.573 e. The van der Waals surface area contributed by atoms with Crippen LogP contribution in [0.3, 0.4) is 0 Å². The van der Waals surface area contributed by atoms with Gasteiger partial charge in [-0.15, -0.1) is 18.3 Å². The molecule has 1 unspecified atom stereocenters. The molecule has 1 fully saturated rings. The molecule has 0 spiro atoms. The number of thiocarbonyl (C=S) groups is 1. The van der Waals surface area contributed by atoms with Crippen LogP contribution < -0.4 is 15.0 Å². The number of rotatable bonds is 9. The van der Waals surface area contributed by atoms with Crippen LogP contribution in [0.4, 0.5) is 18.9 Å². The number of aromatic nitrogens is 3.